The molecule has 22 heavy (non-hydrogen) atoms. The Morgan fingerprint density at radius 3 is 2.82 bits per heavy atom. The molecule has 0 radical (unpaired) electrons. The molecule has 1 aromatic carbocycles. The smallest absolute Gasteiger partial charge is 0.347 e. The van der Waals surface area contributed by atoms with E-state index in [9.17, 15) is 4.79 Å². The van der Waals surface area contributed by atoms with Crippen LogP contribution in [0.3, 0.4) is 0 Å². The Balaban J connectivity index is 1.62. The van der Waals surface area contributed by atoms with Crippen molar-refractivity contribution in [2.24, 2.45) is 0 Å². The molecule has 2 aromatic rings. The second-order valence-electron chi connectivity index (χ2n) is 4.87. The van der Waals surface area contributed by atoms with Crippen LogP contribution in [0.2, 0.25) is 0 Å². The first-order valence-electron chi connectivity index (χ1n) is 6.92. The van der Waals surface area contributed by atoms with Crippen molar-refractivity contribution in [3.63, 3.8) is 0 Å². The van der Waals surface area contributed by atoms with Crippen LogP contribution in [0.25, 0.3) is 12.2 Å². The summed E-state index contributed by atoms with van der Waals surface area (Å²) in [5, 5.41) is 9.52. The fourth-order valence-corrected chi connectivity index (χ4v) is 2.75. The van der Waals surface area contributed by atoms with E-state index in [1.165, 1.54) is 6.20 Å². The summed E-state index contributed by atoms with van der Waals surface area (Å²) in [7, 11) is 0. The monoisotopic (exact) mass is 317 g/mol. The highest BCUT2D eigenvalue weighted by molar-refractivity contribution is 7.14. The van der Waals surface area contributed by atoms with Crippen molar-refractivity contribution in [3.05, 3.63) is 45.9 Å². The molecule has 0 spiro atoms. The van der Waals surface area contributed by atoms with Gasteiger partial charge in [-0.1, -0.05) is 18.2 Å². The molecule has 2 heterocycles. The van der Waals surface area contributed by atoms with Crippen LogP contribution < -0.4 is 4.74 Å². The molecule has 3 rings (SSSR count). The summed E-state index contributed by atoms with van der Waals surface area (Å²) >= 11 is 1.15. The Morgan fingerprint density at radius 1 is 1.36 bits per heavy atom. The first-order chi connectivity index (χ1) is 10.7. The Kier molecular flexibility index (Phi) is 4.50. The highest BCUT2D eigenvalue weighted by Gasteiger charge is 2.16. The van der Waals surface area contributed by atoms with Gasteiger partial charge < -0.3 is 14.6 Å². The molecule has 1 saturated heterocycles. The van der Waals surface area contributed by atoms with Gasteiger partial charge in [0.05, 0.1) is 19.4 Å². The zero-order valence-electron chi connectivity index (χ0n) is 11.8. The van der Waals surface area contributed by atoms with Gasteiger partial charge in [0, 0.05) is 6.42 Å². The lowest BCUT2D eigenvalue weighted by Crippen LogP contribution is -2.15. The lowest BCUT2D eigenvalue weighted by atomic mass is 10.2. The SMILES string of the molecule is O=C(O)c1cnc(C=Cc2ccc(OC3CCOC3)cc2)s1. The normalized spacial score (nSPS) is 17.9. The van der Waals surface area contributed by atoms with Crippen LogP contribution in [0.15, 0.2) is 30.5 Å². The summed E-state index contributed by atoms with van der Waals surface area (Å²) in [6.07, 6.45) is 6.14. The van der Waals surface area contributed by atoms with E-state index in [0.29, 0.717) is 11.6 Å². The van der Waals surface area contributed by atoms with Gasteiger partial charge in [-0.05, 0) is 23.8 Å². The number of aromatic nitrogens is 1. The Labute approximate surface area is 131 Å². The van der Waals surface area contributed by atoms with Gasteiger partial charge in [-0.25, -0.2) is 9.78 Å². The average Bonchev–Trinajstić information content (AvgIpc) is 3.18. The maximum atomic E-state index is 10.8. The summed E-state index contributed by atoms with van der Waals surface area (Å²) in [5.41, 5.74) is 1.00. The zero-order valence-corrected chi connectivity index (χ0v) is 12.6. The molecule has 1 fully saturated rings. The van der Waals surface area contributed by atoms with Gasteiger partial charge >= 0.3 is 5.97 Å². The quantitative estimate of drug-likeness (QED) is 0.917. The molecule has 1 aliphatic rings. The Hall–Kier alpha value is -2.18. The molecular formula is C16H15NO4S. The molecule has 114 valence electrons. The summed E-state index contributed by atoms with van der Waals surface area (Å²) in [6.45, 7) is 1.41. The van der Waals surface area contributed by atoms with E-state index in [0.717, 1.165) is 35.7 Å². The van der Waals surface area contributed by atoms with Crippen molar-refractivity contribution in [3.8, 4) is 5.75 Å². The lowest BCUT2D eigenvalue weighted by molar-refractivity contribution is 0.0702. The minimum Gasteiger partial charge on any atom is -0.488 e. The van der Waals surface area contributed by atoms with Crippen LogP contribution in [0.5, 0.6) is 5.75 Å². The molecule has 5 nitrogen and oxygen atoms in total. The van der Waals surface area contributed by atoms with Crippen LogP contribution in [0.1, 0.15) is 26.7 Å². The minimum atomic E-state index is -0.949. The third-order valence-electron chi connectivity index (χ3n) is 3.22. The van der Waals surface area contributed by atoms with Crippen molar-refractivity contribution >= 4 is 29.5 Å². The molecule has 1 aromatic heterocycles. The molecule has 0 bridgehead atoms. The van der Waals surface area contributed by atoms with Crippen molar-refractivity contribution in [2.75, 3.05) is 13.2 Å². The highest BCUT2D eigenvalue weighted by Crippen LogP contribution is 2.20. The first-order valence-corrected chi connectivity index (χ1v) is 7.74. The lowest BCUT2D eigenvalue weighted by Gasteiger charge is -2.11. The number of hydrogen-bond acceptors (Lipinski definition) is 5. The van der Waals surface area contributed by atoms with Gasteiger partial charge in [-0.3, -0.25) is 0 Å². The second kappa shape index (κ2) is 6.72. The summed E-state index contributed by atoms with van der Waals surface area (Å²) in [4.78, 5) is 15.1. The number of carbonyl (C=O) groups is 1. The van der Waals surface area contributed by atoms with E-state index in [2.05, 4.69) is 4.98 Å². The maximum Gasteiger partial charge on any atom is 0.347 e. The van der Waals surface area contributed by atoms with Crippen LogP contribution in [0, 0.1) is 0 Å². The predicted octanol–water partition coefficient (Wildman–Crippen LogP) is 3.18. The number of thiazole rings is 1. The van der Waals surface area contributed by atoms with Crippen LogP contribution >= 0.6 is 11.3 Å². The fourth-order valence-electron chi connectivity index (χ4n) is 2.09. The standard InChI is InChI=1S/C16H15NO4S/c18-16(19)14-9-17-15(22-14)6-3-11-1-4-12(5-2-11)21-13-7-8-20-10-13/h1-6,9,13H,7-8,10H2,(H,18,19). The van der Waals surface area contributed by atoms with Crippen molar-refractivity contribution in [1.82, 2.24) is 4.98 Å². The molecular weight excluding hydrogens is 302 g/mol. The summed E-state index contributed by atoms with van der Waals surface area (Å²) in [6, 6.07) is 7.74. The van der Waals surface area contributed by atoms with E-state index < -0.39 is 5.97 Å². The van der Waals surface area contributed by atoms with Crippen LogP contribution in [0.4, 0.5) is 0 Å². The predicted molar refractivity (Wildman–Crippen MR) is 84.3 cm³/mol. The van der Waals surface area contributed by atoms with E-state index in [-0.39, 0.29) is 11.0 Å². The third kappa shape index (κ3) is 3.72. The molecule has 1 N–H and O–H groups in total. The van der Waals surface area contributed by atoms with E-state index >= 15 is 0 Å². The van der Waals surface area contributed by atoms with E-state index in [1.807, 2.05) is 30.3 Å². The number of ether oxygens (including phenoxy) is 2. The number of aromatic carboxylic acids is 1. The number of rotatable bonds is 5. The largest absolute Gasteiger partial charge is 0.488 e. The topological polar surface area (TPSA) is 68.7 Å². The third-order valence-corrected chi connectivity index (χ3v) is 4.17. The van der Waals surface area contributed by atoms with E-state index in [4.69, 9.17) is 14.6 Å². The second-order valence-corrected chi connectivity index (χ2v) is 5.94. The van der Waals surface area contributed by atoms with Gasteiger partial charge in [-0.15, -0.1) is 11.3 Å². The fraction of sp³-hybridized carbons (Fsp3) is 0.250. The van der Waals surface area contributed by atoms with Crippen molar-refractivity contribution < 1.29 is 19.4 Å². The van der Waals surface area contributed by atoms with Crippen molar-refractivity contribution in [1.29, 1.82) is 0 Å². The highest BCUT2D eigenvalue weighted by atomic mass is 32.1. The number of carboxylic acid groups (broad SMARTS) is 1. The van der Waals surface area contributed by atoms with Crippen LogP contribution in [-0.2, 0) is 4.74 Å². The maximum absolute atomic E-state index is 10.8. The van der Waals surface area contributed by atoms with Gasteiger partial charge in [0.25, 0.3) is 0 Å². The molecule has 0 aliphatic carbocycles. The molecule has 0 saturated carbocycles. The van der Waals surface area contributed by atoms with Gasteiger partial charge in [0.1, 0.15) is 21.7 Å². The number of hydrogen-bond donors (Lipinski definition) is 1. The molecule has 6 heteroatoms. The molecule has 0 amide bonds. The van der Waals surface area contributed by atoms with Crippen LogP contribution in [-0.4, -0.2) is 35.4 Å². The molecule has 1 atom stereocenters. The molecule has 1 unspecified atom stereocenters. The number of benzene rings is 1. The number of carboxylic acids is 1. The minimum absolute atomic E-state index is 0.145. The van der Waals surface area contributed by atoms with E-state index in [1.54, 1.807) is 6.08 Å². The van der Waals surface area contributed by atoms with Crippen molar-refractivity contribution in [2.45, 2.75) is 12.5 Å². The zero-order chi connectivity index (χ0) is 15.4. The number of nitrogens with zero attached hydrogens (tertiary/aromatic N) is 1. The first kappa shape index (κ1) is 14.7. The Morgan fingerprint density at radius 2 is 2.18 bits per heavy atom. The summed E-state index contributed by atoms with van der Waals surface area (Å²) in [5.74, 6) is -0.121. The molecule has 1 aliphatic heterocycles. The van der Waals surface area contributed by atoms with Gasteiger partial charge in [-0.2, -0.15) is 0 Å². The van der Waals surface area contributed by atoms with Gasteiger partial charge in [0.15, 0.2) is 0 Å². The average molecular weight is 317 g/mol. The van der Waals surface area contributed by atoms with Gasteiger partial charge in [0.2, 0.25) is 0 Å². The summed E-state index contributed by atoms with van der Waals surface area (Å²) < 4.78 is 11.1. The Bertz CT molecular complexity index is 672.